The number of hydrogen-bond acceptors (Lipinski definition) is 4. The maximum absolute atomic E-state index is 12.5. The van der Waals surface area contributed by atoms with Crippen molar-refractivity contribution in [1.82, 2.24) is 0 Å². The number of nitrogens with one attached hydrogen (secondary N) is 1. The summed E-state index contributed by atoms with van der Waals surface area (Å²) in [6, 6.07) is 14.2. The Kier molecular flexibility index (Phi) is 5.30. The number of amides is 2. The summed E-state index contributed by atoms with van der Waals surface area (Å²) in [5.74, 6) is 0.591. The molecule has 0 saturated carbocycles. The van der Waals surface area contributed by atoms with Crippen LogP contribution in [0.2, 0.25) is 0 Å². The number of rotatable bonds is 6. The van der Waals surface area contributed by atoms with Gasteiger partial charge in [0.1, 0.15) is 12.4 Å². The molecule has 0 atom stereocenters. The third kappa shape index (κ3) is 4.16. The highest BCUT2D eigenvalue weighted by molar-refractivity contribution is 6.05. The molecular formula is C19H21N3O3. The Balaban J connectivity index is 1.68. The minimum Gasteiger partial charge on any atom is -0.492 e. The second-order valence-electron chi connectivity index (χ2n) is 5.81. The van der Waals surface area contributed by atoms with Crippen LogP contribution in [-0.2, 0) is 4.79 Å². The predicted molar refractivity (Wildman–Crippen MR) is 97.0 cm³/mol. The normalized spacial score (nSPS) is 13.8. The van der Waals surface area contributed by atoms with Gasteiger partial charge >= 0.3 is 0 Å². The van der Waals surface area contributed by atoms with E-state index in [1.165, 1.54) is 0 Å². The first-order valence-electron chi connectivity index (χ1n) is 8.32. The summed E-state index contributed by atoms with van der Waals surface area (Å²) in [5, 5.41) is 2.85. The van der Waals surface area contributed by atoms with Gasteiger partial charge in [0.15, 0.2) is 0 Å². The molecule has 1 aliphatic rings. The monoisotopic (exact) mass is 339 g/mol. The van der Waals surface area contributed by atoms with Gasteiger partial charge < -0.3 is 20.7 Å². The number of carbonyl (C=O) groups is 2. The molecule has 0 radical (unpaired) electrons. The fourth-order valence-corrected chi connectivity index (χ4v) is 2.75. The Labute approximate surface area is 146 Å². The lowest BCUT2D eigenvalue weighted by Gasteiger charge is -2.16. The van der Waals surface area contributed by atoms with E-state index in [-0.39, 0.29) is 11.8 Å². The van der Waals surface area contributed by atoms with Crippen LogP contribution in [0.3, 0.4) is 0 Å². The lowest BCUT2D eigenvalue weighted by Crippen LogP contribution is -2.24. The summed E-state index contributed by atoms with van der Waals surface area (Å²) in [5.41, 5.74) is 7.35. The highest BCUT2D eigenvalue weighted by Crippen LogP contribution is 2.23. The van der Waals surface area contributed by atoms with Crippen LogP contribution < -0.4 is 20.7 Å². The van der Waals surface area contributed by atoms with Gasteiger partial charge in [-0.2, -0.15) is 0 Å². The number of ether oxygens (including phenoxy) is 1. The van der Waals surface area contributed by atoms with Gasteiger partial charge in [0, 0.05) is 36.4 Å². The van der Waals surface area contributed by atoms with E-state index in [0.717, 1.165) is 12.1 Å². The quantitative estimate of drug-likeness (QED) is 0.846. The van der Waals surface area contributed by atoms with E-state index in [0.29, 0.717) is 43.1 Å². The first-order valence-corrected chi connectivity index (χ1v) is 8.32. The van der Waals surface area contributed by atoms with E-state index >= 15 is 0 Å². The van der Waals surface area contributed by atoms with Crippen LogP contribution in [-0.4, -0.2) is 31.5 Å². The zero-order valence-corrected chi connectivity index (χ0v) is 13.9. The van der Waals surface area contributed by atoms with E-state index in [2.05, 4.69) is 5.32 Å². The topological polar surface area (TPSA) is 84.7 Å². The summed E-state index contributed by atoms with van der Waals surface area (Å²) >= 11 is 0. The van der Waals surface area contributed by atoms with Crippen molar-refractivity contribution in [2.75, 3.05) is 29.9 Å². The summed E-state index contributed by atoms with van der Waals surface area (Å²) in [6.45, 7) is 1.61. The molecule has 0 aliphatic carbocycles. The van der Waals surface area contributed by atoms with Crippen molar-refractivity contribution in [3.8, 4) is 5.75 Å². The summed E-state index contributed by atoms with van der Waals surface area (Å²) < 4.78 is 5.41. The molecule has 6 heteroatoms. The van der Waals surface area contributed by atoms with Crippen LogP contribution in [0, 0.1) is 0 Å². The molecule has 2 aromatic carbocycles. The highest BCUT2D eigenvalue weighted by Gasteiger charge is 2.22. The number of nitrogens with zero attached hydrogens (tertiary/aromatic N) is 1. The zero-order chi connectivity index (χ0) is 17.6. The van der Waals surface area contributed by atoms with Crippen LogP contribution in [0.5, 0.6) is 5.75 Å². The van der Waals surface area contributed by atoms with Crippen molar-refractivity contribution in [2.45, 2.75) is 12.8 Å². The van der Waals surface area contributed by atoms with Crippen molar-refractivity contribution >= 4 is 23.2 Å². The molecule has 6 nitrogen and oxygen atoms in total. The smallest absolute Gasteiger partial charge is 0.255 e. The van der Waals surface area contributed by atoms with Gasteiger partial charge in [0.25, 0.3) is 5.91 Å². The largest absolute Gasteiger partial charge is 0.492 e. The SMILES string of the molecule is NCCOc1ccc(NC(=O)c2cccc(N3CCCC3=O)c2)cc1. The van der Waals surface area contributed by atoms with Gasteiger partial charge in [-0.3, -0.25) is 9.59 Å². The summed E-state index contributed by atoms with van der Waals surface area (Å²) in [7, 11) is 0. The molecule has 3 N–H and O–H groups in total. The lowest BCUT2D eigenvalue weighted by atomic mass is 10.1. The Morgan fingerprint density at radius 2 is 2.00 bits per heavy atom. The van der Waals surface area contributed by atoms with E-state index in [9.17, 15) is 9.59 Å². The van der Waals surface area contributed by atoms with Gasteiger partial charge in [0.2, 0.25) is 5.91 Å². The second kappa shape index (κ2) is 7.81. The molecule has 25 heavy (non-hydrogen) atoms. The maximum atomic E-state index is 12.5. The molecule has 2 aromatic rings. The van der Waals surface area contributed by atoms with Gasteiger partial charge in [-0.15, -0.1) is 0 Å². The Hall–Kier alpha value is -2.86. The fraction of sp³-hybridized carbons (Fsp3) is 0.263. The van der Waals surface area contributed by atoms with Crippen LogP contribution in [0.1, 0.15) is 23.2 Å². The predicted octanol–water partition coefficient (Wildman–Crippen LogP) is 2.40. The number of benzene rings is 2. The fourth-order valence-electron chi connectivity index (χ4n) is 2.75. The standard InChI is InChI=1S/C19H21N3O3/c20-10-12-25-17-8-6-15(7-9-17)21-19(24)14-3-1-4-16(13-14)22-11-2-5-18(22)23/h1,3-4,6-9,13H,2,5,10-12,20H2,(H,21,24). The van der Waals surface area contributed by atoms with Crippen LogP contribution in [0.25, 0.3) is 0 Å². The number of nitrogens with two attached hydrogens (primary N) is 1. The molecule has 130 valence electrons. The Bertz CT molecular complexity index is 759. The third-order valence-electron chi connectivity index (χ3n) is 3.99. The molecule has 3 rings (SSSR count). The van der Waals surface area contributed by atoms with Gasteiger partial charge in [0.05, 0.1) is 0 Å². The lowest BCUT2D eigenvalue weighted by molar-refractivity contribution is -0.117. The minimum absolute atomic E-state index is 0.102. The van der Waals surface area contributed by atoms with Crippen molar-refractivity contribution < 1.29 is 14.3 Å². The van der Waals surface area contributed by atoms with E-state index < -0.39 is 0 Å². The number of anilines is 2. The van der Waals surface area contributed by atoms with Crippen molar-refractivity contribution in [3.63, 3.8) is 0 Å². The minimum atomic E-state index is -0.218. The first-order chi connectivity index (χ1) is 12.2. The molecule has 2 amide bonds. The summed E-state index contributed by atoms with van der Waals surface area (Å²) in [4.78, 5) is 26.0. The molecule has 1 saturated heterocycles. The Morgan fingerprint density at radius 1 is 1.20 bits per heavy atom. The third-order valence-corrected chi connectivity index (χ3v) is 3.99. The molecule has 0 unspecified atom stereocenters. The number of carbonyl (C=O) groups excluding carboxylic acids is 2. The molecule has 1 fully saturated rings. The van der Waals surface area contributed by atoms with Gasteiger partial charge in [-0.1, -0.05) is 6.07 Å². The van der Waals surface area contributed by atoms with Crippen LogP contribution in [0.15, 0.2) is 48.5 Å². The van der Waals surface area contributed by atoms with Crippen molar-refractivity contribution in [1.29, 1.82) is 0 Å². The van der Waals surface area contributed by atoms with Crippen molar-refractivity contribution in [3.05, 3.63) is 54.1 Å². The van der Waals surface area contributed by atoms with E-state index in [1.54, 1.807) is 47.4 Å². The maximum Gasteiger partial charge on any atom is 0.255 e. The Morgan fingerprint density at radius 3 is 2.68 bits per heavy atom. The summed E-state index contributed by atoms with van der Waals surface area (Å²) in [6.07, 6.45) is 1.42. The average molecular weight is 339 g/mol. The average Bonchev–Trinajstić information content (AvgIpc) is 3.07. The van der Waals surface area contributed by atoms with E-state index in [1.807, 2.05) is 6.07 Å². The molecule has 0 spiro atoms. The van der Waals surface area contributed by atoms with Gasteiger partial charge in [-0.25, -0.2) is 0 Å². The molecular weight excluding hydrogens is 318 g/mol. The van der Waals surface area contributed by atoms with Crippen molar-refractivity contribution in [2.24, 2.45) is 5.73 Å². The zero-order valence-electron chi connectivity index (χ0n) is 13.9. The van der Waals surface area contributed by atoms with Crippen LogP contribution >= 0.6 is 0 Å². The van der Waals surface area contributed by atoms with Gasteiger partial charge in [-0.05, 0) is 48.9 Å². The number of hydrogen-bond donors (Lipinski definition) is 2. The van der Waals surface area contributed by atoms with E-state index in [4.69, 9.17) is 10.5 Å². The molecule has 0 aromatic heterocycles. The highest BCUT2D eigenvalue weighted by atomic mass is 16.5. The second-order valence-corrected chi connectivity index (χ2v) is 5.81. The first kappa shape index (κ1) is 17.0. The molecule has 0 bridgehead atoms. The molecule has 1 aliphatic heterocycles. The molecule has 1 heterocycles. The van der Waals surface area contributed by atoms with Crippen LogP contribution in [0.4, 0.5) is 11.4 Å².